The molecule has 1 aromatic rings. The van der Waals surface area contributed by atoms with Gasteiger partial charge in [0, 0.05) is 12.0 Å². The van der Waals surface area contributed by atoms with Crippen LogP contribution >= 0.6 is 0 Å². The first-order valence-corrected chi connectivity index (χ1v) is 6.55. The van der Waals surface area contributed by atoms with Gasteiger partial charge in [-0.2, -0.15) is 0 Å². The molecule has 2 heteroatoms. The van der Waals surface area contributed by atoms with Crippen LogP contribution in [0.25, 0.3) is 0 Å². The zero-order valence-electron chi connectivity index (χ0n) is 11.4. The fourth-order valence-electron chi connectivity index (χ4n) is 1.85. The molecule has 2 atom stereocenters. The Hall–Kier alpha value is -1.30. The minimum Gasteiger partial charge on any atom is -0.389 e. The first-order valence-electron chi connectivity index (χ1n) is 6.55. The molecule has 0 aliphatic heterocycles. The Morgan fingerprint density at radius 2 is 1.67 bits per heavy atom. The van der Waals surface area contributed by atoms with E-state index in [1.165, 1.54) is 0 Å². The molecule has 0 saturated heterocycles. The van der Waals surface area contributed by atoms with E-state index in [1.54, 1.807) is 13.8 Å². The molecule has 1 rings (SSSR count). The van der Waals surface area contributed by atoms with Gasteiger partial charge in [-0.05, 0) is 31.4 Å². The van der Waals surface area contributed by atoms with Gasteiger partial charge in [0.2, 0.25) is 0 Å². The van der Waals surface area contributed by atoms with E-state index in [4.69, 9.17) is 0 Å². The summed E-state index contributed by atoms with van der Waals surface area (Å²) < 4.78 is 0. The summed E-state index contributed by atoms with van der Waals surface area (Å²) in [6, 6.07) is 5.57. The standard InChI is InChI=1S/C16H22O2/c1-4-5-6-7-9-16-14(12(2)17)10-8-11-15(16)13(3)18/h8,10-13,17-18H,4-6H2,1-3H3/t12-,13+. The Morgan fingerprint density at radius 1 is 1.11 bits per heavy atom. The molecule has 0 aliphatic carbocycles. The van der Waals surface area contributed by atoms with Gasteiger partial charge in [0.1, 0.15) is 0 Å². The van der Waals surface area contributed by atoms with Crippen LogP contribution in [0, 0.1) is 11.8 Å². The van der Waals surface area contributed by atoms with Crippen LogP contribution in [0.3, 0.4) is 0 Å². The van der Waals surface area contributed by atoms with Crippen LogP contribution in [0.4, 0.5) is 0 Å². The summed E-state index contributed by atoms with van der Waals surface area (Å²) in [6.07, 6.45) is 1.91. The minimum atomic E-state index is -0.570. The lowest BCUT2D eigenvalue weighted by molar-refractivity contribution is 0.192. The quantitative estimate of drug-likeness (QED) is 0.632. The molecule has 0 saturated carbocycles. The van der Waals surface area contributed by atoms with Gasteiger partial charge in [0.05, 0.1) is 12.2 Å². The van der Waals surface area contributed by atoms with E-state index in [-0.39, 0.29) is 0 Å². The minimum absolute atomic E-state index is 0.570. The fraction of sp³-hybridized carbons (Fsp3) is 0.500. The molecule has 2 N–H and O–H groups in total. The monoisotopic (exact) mass is 246 g/mol. The van der Waals surface area contributed by atoms with Crippen molar-refractivity contribution in [3.8, 4) is 11.8 Å². The summed E-state index contributed by atoms with van der Waals surface area (Å²) in [7, 11) is 0. The first-order chi connectivity index (χ1) is 8.57. The molecular formula is C16H22O2. The number of rotatable bonds is 4. The molecule has 0 radical (unpaired) electrons. The molecule has 0 aliphatic rings. The summed E-state index contributed by atoms with van der Waals surface area (Å²) in [4.78, 5) is 0. The van der Waals surface area contributed by atoms with Crippen molar-refractivity contribution in [1.29, 1.82) is 0 Å². The van der Waals surface area contributed by atoms with Crippen molar-refractivity contribution >= 4 is 0 Å². The Morgan fingerprint density at radius 3 is 2.11 bits per heavy atom. The van der Waals surface area contributed by atoms with E-state index in [0.29, 0.717) is 0 Å². The lowest BCUT2D eigenvalue weighted by atomic mass is 9.95. The van der Waals surface area contributed by atoms with Crippen molar-refractivity contribution in [2.75, 3.05) is 0 Å². The van der Waals surface area contributed by atoms with E-state index < -0.39 is 12.2 Å². The third-order valence-electron chi connectivity index (χ3n) is 2.90. The molecular weight excluding hydrogens is 224 g/mol. The molecule has 98 valence electrons. The van der Waals surface area contributed by atoms with E-state index >= 15 is 0 Å². The van der Waals surface area contributed by atoms with Crippen molar-refractivity contribution in [3.05, 3.63) is 34.9 Å². The highest BCUT2D eigenvalue weighted by molar-refractivity contribution is 5.49. The summed E-state index contributed by atoms with van der Waals surface area (Å²) in [6.45, 7) is 5.57. The van der Waals surface area contributed by atoms with Gasteiger partial charge in [-0.3, -0.25) is 0 Å². The third-order valence-corrected chi connectivity index (χ3v) is 2.90. The second kappa shape index (κ2) is 7.20. The molecule has 0 heterocycles. The van der Waals surface area contributed by atoms with Crippen LogP contribution in [0.15, 0.2) is 18.2 Å². The van der Waals surface area contributed by atoms with Crippen molar-refractivity contribution in [3.63, 3.8) is 0 Å². The van der Waals surface area contributed by atoms with Gasteiger partial charge >= 0.3 is 0 Å². The average molecular weight is 246 g/mol. The number of hydrogen-bond acceptors (Lipinski definition) is 2. The zero-order valence-corrected chi connectivity index (χ0v) is 11.4. The number of aliphatic hydroxyl groups is 2. The van der Waals surface area contributed by atoms with Gasteiger partial charge in [0.15, 0.2) is 0 Å². The highest BCUT2D eigenvalue weighted by Gasteiger charge is 2.13. The number of hydrogen-bond donors (Lipinski definition) is 2. The second-order valence-corrected chi connectivity index (χ2v) is 4.57. The predicted octanol–water partition coefficient (Wildman–Crippen LogP) is 3.33. The van der Waals surface area contributed by atoms with Gasteiger partial charge in [-0.15, -0.1) is 0 Å². The summed E-state index contributed by atoms with van der Waals surface area (Å²) in [5.74, 6) is 6.23. The third kappa shape index (κ3) is 3.87. The van der Waals surface area contributed by atoms with Gasteiger partial charge in [-0.25, -0.2) is 0 Å². The zero-order chi connectivity index (χ0) is 13.5. The van der Waals surface area contributed by atoms with Crippen LogP contribution in [0.1, 0.15) is 68.9 Å². The van der Waals surface area contributed by atoms with Crippen LogP contribution in [0.2, 0.25) is 0 Å². The second-order valence-electron chi connectivity index (χ2n) is 4.57. The summed E-state index contributed by atoms with van der Waals surface area (Å²) >= 11 is 0. The molecule has 1 aromatic carbocycles. The van der Waals surface area contributed by atoms with Gasteiger partial charge < -0.3 is 10.2 Å². The molecule has 0 unspecified atom stereocenters. The van der Waals surface area contributed by atoms with E-state index in [9.17, 15) is 10.2 Å². The highest BCUT2D eigenvalue weighted by Crippen LogP contribution is 2.25. The molecule has 0 bridgehead atoms. The first kappa shape index (κ1) is 14.8. The number of unbranched alkanes of at least 4 members (excludes halogenated alkanes) is 2. The number of benzene rings is 1. The highest BCUT2D eigenvalue weighted by atomic mass is 16.3. The van der Waals surface area contributed by atoms with Crippen LogP contribution in [0.5, 0.6) is 0 Å². The van der Waals surface area contributed by atoms with Gasteiger partial charge in [-0.1, -0.05) is 43.4 Å². The van der Waals surface area contributed by atoms with Gasteiger partial charge in [0.25, 0.3) is 0 Å². The molecule has 0 fully saturated rings. The van der Waals surface area contributed by atoms with Crippen LogP contribution in [-0.2, 0) is 0 Å². The predicted molar refractivity (Wildman–Crippen MR) is 74.1 cm³/mol. The maximum atomic E-state index is 9.76. The van der Waals surface area contributed by atoms with Crippen LogP contribution < -0.4 is 0 Å². The fourth-order valence-corrected chi connectivity index (χ4v) is 1.85. The molecule has 0 amide bonds. The Balaban J connectivity index is 3.13. The maximum Gasteiger partial charge on any atom is 0.0774 e. The normalized spacial score (nSPS) is 13.6. The van der Waals surface area contributed by atoms with Crippen molar-refractivity contribution in [2.45, 2.75) is 52.2 Å². The smallest absolute Gasteiger partial charge is 0.0774 e. The van der Waals surface area contributed by atoms with E-state index in [0.717, 1.165) is 36.0 Å². The molecule has 18 heavy (non-hydrogen) atoms. The molecule has 0 aromatic heterocycles. The molecule has 0 spiro atoms. The largest absolute Gasteiger partial charge is 0.389 e. The number of aliphatic hydroxyl groups excluding tert-OH is 2. The van der Waals surface area contributed by atoms with Crippen molar-refractivity contribution in [1.82, 2.24) is 0 Å². The lowest BCUT2D eigenvalue weighted by Gasteiger charge is -2.14. The van der Waals surface area contributed by atoms with Crippen molar-refractivity contribution < 1.29 is 10.2 Å². The average Bonchev–Trinajstić information content (AvgIpc) is 2.34. The Labute approximate surface area is 110 Å². The summed E-state index contributed by atoms with van der Waals surface area (Å²) in [5, 5.41) is 19.5. The maximum absolute atomic E-state index is 9.76. The molecule has 2 nitrogen and oxygen atoms in total. The SMILES string of the molecule is CCCCC#Cc1c([C@H](C)O)cccc1[C@@H](C)O. The van der Waals surface area contributed by atoms with E-state index in [2.05, 4.69) is 18.8 Å². The lowest BCUT2D eigenvalue weighted by Crippen LogP contribution is -2.02. The van der Waals surface area contributed by atoms with E-state index in [1.807, 2.05) is 18.2 Å². The summed E-state index contributed by atoms with van der Waals surface area (Å²) in [5.41, 5.74) is 2.36. The Kier molecular flexibility index (Phi) is 5.91. The topological polar surface area (TPSA) is 40.5 Å². The van der Waals surface area contributed by atoms with Crippen molar-refractivity contribution in [2.24, 2.45) is 0 Å². The van der Waals surface area contributed by atoms with Crippen LogP contribution in [-0.4, -0.2) is 10.2 Å². The Bertz CT molecular complexity index is 410.